The van der Waals surface area contributed by atoms with Crippen LogP contribution in [-0.4, -0.2) is 17.7 Å². The van der Waals surface area contributed by atoms with Crippen LogP contribution < -0.4 is 16.0 Å². The Hall–Kier alpha value is -3.15. The van der Waals surface area contributed by atoms with E-state index in [4.69, 9.17) is 0 Å². The number of anilines is 2. The molecule has 0 unspecified atom stereocenters. The quantitative estimate of drug-likeness (QED) is 0.753. The Bertz CT molecular complexity index is 754. The van der Waals surface area contributed by atoms with Crippen LogP contribution in [0.3, 0.4) is 0 Å². The van der Waals surface area contributed by atoms with E-state index in [2.05, 4.69) is 16.0 Å². The van der Waals surface area contributed by atoms with Gasteiger partial charge in [-0.3, -0.25) is 14.4 Å². The number of nitrogens with one attached hydrogen (secondary N) is 3. The van der Waals surface area contributed by atoms with Gasteiger partial charge in [0.2, 0.25) is 5.91 Å². The van der Waals surface area contributed by atoms with Crippen LogP contribution in [0.15, 0.2) is 48.5 Å². The van der Waals surface area contributed by atoms with Gasteiger partial charge in [0.25, 0.3) is 0 Å². The zero-order valence-electron chi connectivity index (χ0n) is 13.6. The summed E-state index contributed by atoms with van der Waals surface area (Å²) in [4.78, 5) is 34.8. The fourth-order valence-corrected chi connectivity index (χ4v) is 2.03. The van der Waals surface area contributed by atoms with Crippen molar-refractivity contribution in [1.82, 2.24) is 5.32 Å². The summed E-state index contributed by atoms with van der Waals surface area (Å²) >= 11 is 0. The summed E-state index contributed by atoms with van der Waals surface area (Å²) in [6.45, 7) is 3.65. The fraction of sp³-hybridized carbons (Fsp3) is 0.167. The molecule has 124 valence electrons. The highest BCUT2D eigenvalue weighted by atomic mass is 16.2. The van der Waals surface area contributed by atoms with Gasteiger partial charge in [0.05, 0.1) is 0 Å². The van der Waals surface area contributed by atoms with E-state index in [9.17, 15) is 14.4 Å². The molecule has 0 saturated carbocycles. The molecule has 0 aliphatic rings. The SMILES string of the molecule is CC(=O)Nc1cccc(NC(=O)C(=O)NCc2ccc(C)cc2)c1. The second-order valence-corrected chi connectivity index (χ2v) is 5.38. The molecule has 0 fully saturated rings. The lowest BCUT2D eigenvalue weighted by atomic mass is 10.1. The van der Waals surface area contributed by atoms with Gasteiger partial charge in [0.15, 0.2) is 0 Å². The van der Waals surface area contributed by atoms with E-state index >= 15 is 0 Å². The molecule has 0 aromatic heterocycles. The van der Waals surface area contributed by atoms with Crippen molar-refractivity contribution in [2.75, 3.05) is 10.6 Å². The molecule has 2 aromatic rings. The van der Waals surface area contributed by atoms with Crippen LogP contribution in [0.25, 0.3) is 0 Å². The number of hydrogen-bond donors (Lipinski definition) is 3. The van der Waals surface area contributed by atoms with Gasteiger partial charge in [-0.15, -0.1) is 0 Å². The molecule has 2 aromatic carbocycles. The smallest absolute Gasteiger partial charge is 0.313 e. The van der Waals surface area contributed by atoms with Gasteiger partial charge in [-0.25, -0.2) is 0 Å². The van der Waals surface area contributed by atoms with Crippen molar-refractivity contribution in [2.45, 2.75) is 20.4 Å². The standard InChI is InChI=1S/C18H19N3O3/c1-12-6-8-14(9-7-12)11-19-17(23)18(24)21-16-5-3-4-15(10-16)20-13(2)22/h3-10H,11H2,1-2H3,(H,19,23)(H,20,22)(H,21,24). The van der Waals surface area contributed by atoms with Gasteiger partial charge >= 0.3 is 11.8 Å². The Labute approximate surface area is 140 Å². The zero-order chi connectivity index (χ0) is 17.5. The molecule has 0 spiro atoms. The minimum absolute atomic E-state index is 0.214. The summed E-state index contributed by atoms with van der Waals surface area (Å²) < 4.78 is 0. The highest BCUT2D eigenvalue weighted by molar-refractivity contribution is 6.39. The molecular formula is C18H19N3O3. The van der Waals surface area contributed by atoms with Gasteiger partial charge in [-0.05, 0) is 30.7 Å². The van der Waals surface area contributed by atoms with Crippen LogP contribution >= 0.6 is 0 Å². The Balaban J connectivity index is 1.90. The zero-order valence-corrected chi connectivity index (χ0v) is 13.6. The third-order valence-electron chi connectivity index (χ3n) is 3.22. The predicted octanol–water partition coefficient (Wildman–Crippen LogP) is 2.21. The molecule has 3 amide bonds. The Kier molecular flexibility index (Phi) is 5.68. The molecule has 0 bridgehead atoms. The third-order valence-corrected chi connectivity index (χ3v) is 3.22. The van der Waals surface area contributed by atoms with Crippen LogP contribution in [0, 0.1) is 6.92 Å². The first-order valence-corrected chi connectivity index (χ1v) is 7.46. The molecule has 0 saturated heterocycles. The van der Waals surface area contributed by atoms with Crippen molar-refractivity contribution in [1.29, 1.82) is 0 Å². The van der Waals surface area contributed by atoms with Crippen molar-refractivity contribution in [3.05, 3.63) is 59.7 Å². The minimum atomic E-state index is -0.762. The summed E-state index contributed by atoms with van der Waals surface area (Å²) in [5.74, 6) is -1.70. The van der Waals surface area contributed by atoms with Crippen LogP contribution in [0.1, 0.15) is 18.1 Å². The van der Waals surface area contributed by atoms with Gasteiger partial charge < -0.3 is 16.0 Å². The van der Waals surface area contributed by atoms with Crippen molar-refractivity contribution in [3.8, 4) is 0 Å². The lowest BCUT2D eigenvalue weighted by Crippen LogP contribution is -2.34. The van der Waals surface area contributed by atoms with Gasteiger partial charge in [0, 0.05) is 24.8 Å². The summed E-state index contributed by atoms with van der Waals surface area (Å²) in [6, 6.07) is 14.2. The Morgan fingerprint density at radius 3 is 2.12 bits per heavy atom. The first-order valence-electron chi connectivity index (χ1n) is 7.46. The van der Waals surface area contributed by atoms with Gasteiger partial charge in [-0.1, -0.05) is 35.9 Å². The molecule has 2 rings (SSSR count). The number of amides is 3. The van der Waals surface area contributed by atoms with E-state index in [-0.39, 0.29) is 12.5 Å². The summed E-state index contributed by atoms with van der Waals surface area (Å²) in [5.41, 5.74) is 3.01. The molecular weight excluding hydrogens is 306 g/mol. The molecule has 0 radical (unpaired) electrons. The maximum absolute atomic E-state index is 11.9. The average Bonchev–Trinajstić information content (AvgIpc) is 2.53. The maximum Gasteiger partial charge on any atom is 0.313 e. The number of hydrogen-bond acceptors (Lipinski definition) is 3. The summed E-state index contributed by atoms with van der Waals surface area (Å²) in [5, 5.41) is 7.67. The van der Waals surface area contributed by atoms with Crippen molar-refractivity contribution in [3.63, 3.8) is 0 Å². The lowest BCUT2D eigenvalue weighted by molar-refractivity contribution is -0.136. The summed E-state index contributed by atoms with van der Waals surface area (Å²) in [7, 11) is 0. The number of rotatable bonds is 4. The molecule has 0 atom stereocenters. The monoisotopic (exact) mass is 325 g/mol. The molecule has 3 N–H and O–H groups in total. The summed E-state index contributed by atoms with van der Waals surface area (Å²) in [6.07, 6.45) is 0. The van der Waals surface area contributed by atoms with Crippen LogP contribution in [0.5, 0.6) is 0 Å². The minimum Gasteiger partial charge on any atom is -0.344 e. The van der Waals surface area contributed by atoms with Gasteiger partial charge in [0.1, 0.15) is 0 Å². The number of aryl methyl sites for hydroxylation is 1. The molecule has 0 aliphatic heterocycles. The van der Waals surface area contributed by atoms with Crippen LogP contribution in [0.4, 0.5) is 11.4 Å². The van der Waals surface area contributed by atoms with Crippen molar-refractivity contribution in [2.24, 2.45) is 0 Å². The van der Waals surface area contributed by atoms with Crippen molar-refractivity contribution >= 4 is 29.1 Å². The van der Waals surface area contributed by atoms with E-state index < -0.39 is 11.8 Å². The lowest BCUT2D eigenvalue weighted by Gasteiger charge is -2.08. The third kappa shape index (κ3) is 5.24. The maximum atomic E-state index is 11.9. The first-order chi connectivity index (χ1) is 11.4. The van der Waals surface area contributed by atoms with E-state index in [1.807, 2.05) is 31.2 Å². The van der Waals surface area contributed by atoms with E-state index in [1.165, 1.54) is 6.92 Å². The molecule has 0 aliphatic carbocycles. The second kappa shape index (κ2) is 7.92. The highest BCUT2D eigenvalue weighted by Crippen LogP contribution is 2.14. The largest absolute Gasteiger partial charge is 0.344 e. The van der Waals surface area contributed by atoms with Crippen LogP contribution in [-0.2, 0) is 20.9 Å². The normalized spacial score (nSPS) is 9.92. The number of carbonyl (C=O) groups is 3. The number of carbonyl (C=O) groups excluding carboxylic acids is 3. The molecule has 0 heterocycles. The predicted molar refractivity (Wildman–Crippen MR) is 92.4 cm³/mol. The molecule has 24 heavy (non-hydrogen) atoms. The average molecular weight is 325 g/mol. The Morgan fingerprint density at radius 1 is 0.875 bits per heavy atom. The second-order valence-electron chi connectivity index (χ2n) is 5.38. The molecule has 6 heteroatoms. The van der Waals surface area contributed by atoms with Crippen LogP contribution in [0.2, 0.25) is 0 Å². The van der Waals surface area contributed by atoms with E-state index in [0.717, 1.165) is 11.1 Å². The highest BCUT2D eigenvalue weighted by Gasteiger charge is 2.13. The fourth-order valence-electron chi connectivity index (χ4n) is 2.03. The van der Waals surface area contributed by atoms with Crippen molar-refractivity contribution < 1.29 is 14.4 Å². The number of benzene rings is 2. The van der Waals surface area contributed by atoms with Gasteiger partial charge in [-0.2, -0.15) is 0 Å². The first kappa shape index (κ1) is 17.2. The Morgan fingerprint density at radius 2 is 1.50 bits per heavy atom. The topological polar surface area (TPSA) is 87.3 Å². The molecule has 6 nitrogen and oxygen atoms in total. The van der Waals surface area contributed by atoms with E-state index in [0.29, 0.717) is 11.4 Å². The van der Waals surface area contributed by atoms with E-state index in [1.54, 1.807) is 24.3 Å².